The third-order valence-electron chi connectivity index (χ3n) is 2.99. The fourth-order valence-corrected chi connectivity index (χ4v) is 1.76. The fraction of sp³-hybridized carbons (Fsp3) is 0.900. The lowest BCUT2D eigenvalue weighted by atomic mass is 10.1. The minimum atomic E-state index is -0.311. The van der Waals surface area contributed by atoms with Crippen molar-refractivity contribution in [3.8, 4) is 0 Å². The first-order valence-corrected chi connectivity index (χ1v) is 5.70. The minimum Gasteiger partial charge on any atom is -0.422 e. The van der Waals surface area contributed by atoms with Crippen LogP contribution in [0.1, 0.15) is 19.3 Å². The second kappa shape index (κ2) is 5.45. The third-order valence-corrected chi connectivity index (χ3v) is 2.99. The zero-order valence-electron chi connectivity index (χ0n) is 9.23. The van der Waals surface area contributed by atoms with Crippen LogP contribution >= 0.6 is 0 Å². The molecule has 0 aromatic rings. The van der Waals surface area contributed by atoms with Gasteiger partial charge in [0.2, 0.25) is 0 Å². The van der Waals surface area contributed by atoms with Gasteiger partial charge < -0.3 is 14.4 Å². The number of halogens is 1. The summed E-state index contributed by atoms with van der Waals surface area (Å²) >= 11 is 0. The summed E-state index contributed by atoms with van der Waals surface area (Å²) in [5.74, 6) is 0. The van der Waals surface area contributed by atoms with Crippen molar-refractivity contribution in [3.63, 3.8) is 0 Å². The topological polar surface area (TPSA) is 42.0 Å². The number of amides is 1. The maximum Gasteiger partial charge on any atom is 0.411 e. The fourth-order valence-electron chi connectivity index (χ4n) is 1.76. The van der Waals surface area contributed by atoms with Crippen LogP contribution in [0, 0.1) is 0 Å². The van der Waals surface area contributed by atoms with Gasteiger partial charge in [0.1, 0.15) is 0 Å². The highest BCUT2D eigenvalue weighted by atomic mass is 19.2. The minimum absolute atomic E-state index is 0.0104. The smallest absolute Gasteiger partial charge is 0.411 e. The first-order valence-electron chi connectivity index (χ1n) is 5.70. The Labute approximate surface area is 94.0 Å². The van der Waals surface area contributed by atoms with Crippen LogP contribution in [0.15, 0.2) is 0 Å². The van der Waals surface area contributed by atoms with Gasteiger partial charge in [-0.15, -0.1) is 9.60 Å². The van der Waals surface area contributed by atoms with E-state index in [1.807, 2.05) is 0 Å². The summed E-state index contributed by atoms with van der Waals surface area (Å²) in [4.78, 5) is 12.9. The lowest BCUT2D eigenvalue weighted by Crippen LogP contribution is -2.42. The van der Waals surface area contributed by atoms with Gasteiger partial charge in [-0.2, -0.15) is 0 Å². The van der Waals surface area contributed by atoms with E-state index in [0.717, 1.165) is 24.6 Å². The molecule has 0 aliphatic carbocycles. The molecule has 92 valence electrons. The quantitative estimate of drug-likeness (QED) is 0.541. The first-order chi connectivity index (χ1) is 7.75. The monoisotopic (exact) mass is 232 g/mol. The van der Waals surface area contributed by atoms with Gasteiger partial charge in [-0.3, -0.25) is 0 Å². The van der Waals surface area contributed by atoms with Crippen molar-refractivity contribution >= 4 is 6.09 Å². The van der Waals surface area contributed by atoms with Gasteiger partial charge in [-0.1, -0.05) is 0 Å². The van der Waals surface area contributed by atoms with E-state index >= 15 is 0 Å². The lowest BCUT2D eigenvalue weighted by molar-refractivity contribution is -0.106. The van der Waals surface area contributed by atoms with Crippen molar-refractivity contribution in [2.24, 2.45) is 0 Å². The Morgan fingerprint density at radius 3 is 2.50 bits per heavy atom. The molecule has 0 bridgehead atoms. The first kappa shape index (κ1) is 11.6. The molecule has 2 aliphatic heterocycles. The highest BCUT2D eigenvalue weighted by Gasteiger charge is 2.23. The summed E-state index contributed by atoms with van der Waals surface area (Å²) in [5.41, 5.74) is 0. The van der Waals surface area contributed by atoms with Gasteiger partial charge in [-0.05, 0) is 19.3 Å². The van der Waals surface area contributed by atoms with Crippen LogP contribution in [-0.4, -0.2) is 55.2 Å². The van der Waals surface area contributed by atoms with Crippen molar-refractivity contribution in [2.75, 3.05) is 33.0 Å². The van der Waals surface area contributed by atoms with E-state index in [-0.39, 0.29) is 19.0 Å². The summed E-state index contributed by atoms with van der Waals surface area (Å²) in [6.07, 6.45) is 2.05. The largest absolute Gasteiger partial charge is 0.422 e. The van der Waals surface area contributed by atoms with E-state index in [2.05, 4.69) is 0 Å². The average Bonchev–Trinajstić information content (AvgIpc) is 2.18. The number of nitrogens with zero attached hydrogens (tertiary/aromatic N) is 2. The normalized spacial score (nSPS) is 22.9. The number of hydrogen-bond donors (Lipinski definition) is 0. The summed E-state index contributed by atoms with van der Waals surface area (Å²) in [6, 6.07) is 0. The molecular formula is C10H17FN2O3. The van der Waals surface area contributed by atoms with E-state index in [1.165, 1.54) is 0 Å². The molecule has 2 fully saturated rings. The third kappa shape index (κ3) is 3.05. The van der Waals surface area contributed by atoms with Crippen LogP contribution in [0.3, 0.4) is 0 Å². The number of piperidine rings is 1. The zero-order valence-corrected chi connectivity index (χ0v) is 9.23. The predicted octanol–water partition coefficient (Wildman–Crippen LogP) is 1.15. The van der Waals surface area contributed by atoms with Crippen LogP contribution in [0.5, 0.6) is 0 Å². The highest BCUT2D eigenvalue weighted by molar-refractivity contribution is 5.68. The van der Waals surface area contributed by atoms with E-state index in [0.29, 0.717) is 25.9 Å². The van der Waals surface area contributed by atoms with Crippen LogP contribution in [0.4, 0.5) is 9.28 Å². The molecule has 2 aliphatic rings. The summed E-state index contributed by atoms with van der Waals surface area (Å²) in [6.45, 7) is 2.32. The molecule has 0 radical (unpaired) electrons. The number of ether oxygens (including phenoxy) is 2. The number of likely N-dealkylation sites (tertiary alicyclic amines) is 1. The molecule has 2 heterocycles. The Bertz CT molecular complexity index is 240. The van der Waals surface area contributed by atoms with Gasteiger partial charge in [-0.25, -0.2) is 4.79 Å². The van der Waals surface area contributed by atoms with Crippen molar-refractivity contribution in [2.45, 2.75) is 25.4 Å². The van der Waals surface area contributed by atoms with Gasteiger partial charge in [0.25, 0.3) is 0 Å². The average molecular weight is 232 g/mol. The molecule has 5 nitrogen and oxygen atoms in total. The molecular weight excluding hydrogens is 215 g/mol. The van der Waals surface area contributed by atoms with Crippen molar-refractivity contribution in [1.82, 2.24) is 10.0 Å². The van der Waals surface area contributed by atoms with Crippen LogP contribution < -0.4 is 0 Å². The molecule has 0 aromatic heterocycles. The highest BCUT2D eigenvalue weighted by Crippen LogP contribution is 2.14. The van der Waals surface area contributed by atoms with Crippen LogP contribution in [0.25, 0.3) is 0 Å². The molecule has 1 amide bonds. The molecule has 0 saturated carbocycles. The Hall–Kier alpha value is -0.880. The molecule has 0 atom stereocenters. The molecule has 0 spiro atoms. The Balaban J connectivity index is 1.55. The van der Waals surface area contributed by atoms with Crippen LogP contribution in [0.2, 0.25) is 0 Å². The number of hydrogen-bond acceptors (Lipinski definition) is 4. The maximum atomic E-state index is 12.7. The maximum absolute atomic E-state index is 12.7. The number of carbonyl (C=O) groups is 1. The summed E-state index contributed by atoms with van der Waals surface area (Å²) in [7, 11) is 0. The molecule has 2 saturated heterocycles. The number of rotatable bonds is 3. The van der Waals surface area contributed by atoms with E-state index in [9.17, 15) is 9.28 Å². The summed E-state index contributed by atoms with van der Waals surface area (Å²) < 4.78 is 22.9. The Morgan fingerprint density at radius 1 is 1.25 bits per heavy atom. The lowest BCUT2D eigenvalue weighted by Gasteiger charge is -2.30. The molecule has 16 heavy (non-hydrogen) atoms. The molecule has 6 heteroatoms. The van der Waals surface area contributed by atoms with Crippen LogP contribution in [-0.2, 0) is 9.47 Å². The predicted molar refractivity (Wildman–Crippen MR) is 54.3 cm³/mol. The SMILES string of the molecule is O=C(OCOC1CCN(F)CC1)N1CCC1. The van der Waals surface area contributed by atoms with Gasteiger partial charge in [0.15, 0.2) is 6.79 Å². The van der Waals surface area contributed by atoms with E-state index in [4.69, 9.17) is 9.47 Å². The molecule has 2 rings (SSSR count). The van der Waals surface area contributed by atoms with E-state index in [1.54, 1.807) is 4.90 Å². The zero-order chi connectivity index (χ0) is 11.4. The standard InChI is InChI=1S/C10H17FN2O3/c11-13-6-2-9(3-7-13)15-8-16-10(14)12-4-1-5-12/h9H,1-8H2. The van der Waals surface area contributed by atoms with Crippen molar-refractivity contribution < 1.29 is 18.7 Å². The van der Waals surface area contributed by atoms with E-state index < -0.39 is 0 Å². The second-order valence-corrected chi connectivity index (χ2v) is 4.14. The summed E-state index contributed by atoms with van der Waals surface area (Å²) in [5, 5.41) is 0.784. The molecule has 0 aromatic carbocycles. The number of carbonyl (C=O) groups excluding carboxylic acids is 1. The second-order valence-electron chi connectivity index (χ2n) is 4.14. The Kier molecular flexibility index (Phi) is 3.95. The molecule has 0 unspecified atom stereocenters. The Morgan fingerprint density at radius 2 is 1.94 bits per heavy atom. The van der Waals surface area contributed by atoms with Gasteiger partial charge >= 0.3 is 6.09 Å². The van der Waals surface area contributed by atoms with Crippen molar-refractivity contribution in [3.05, 3.63) is 0 Å². The van der Waals surface area contributed by atoms with Gasteiger partial charge in [0, 0.05) is 26.2 Å². The molecule has 0 N–H and O–H groups in total. The van der Waals surface area contributed by atoms with Crippen molar-refractivity contribution in [1.29, 1.82) is 0 Å². The van der Waals surface area contributed by atoms with Gasteiger partial charge in [0.05, 0.1) is 6.10 Å².